The Morgan fingerprint density at radius 1 is 1.38 bits per heavy atom. The average Bonchev–Trinajstić information content (AvgIpc) is 3.07. The van der Waals surface area contributed by atoms with E-state index < -0.39 is 0 Å². The summed E-state index contributed by atoms with van der Waals surface area (Å²) in [5.74, 6) is 2.88. The summed E-state index contributed by atoms with van der Waals surface area (Å²) in [5.41, 5.74) is 0.417. The summed E-state index contributed by atoms with van der Waals surface area (Å²) in [5, 5.41) is 7.50. The van der Waals surface area contributed by atoms with E-state index in [1.807, 2.05) is 0 Å². The summed E-state index contributed by atoms with van der Waals surface area (Å²) in [4.78, 5) is 11.8. The second kappa shape index (κ2) is 9.93. The van der Waals surface area contributed by atoms with Crippen molar-refractivity contribution in [2.75, 3.05) is 26.2 Å². The van der Waals surface area contributed by atoms with Gasteiger partial charge in [0, 0.05) is 38.5 Å². The predicted octanol–water partition coefficient (Wildman–Crippen LogP) is 3.99. The van der Waals surface area contributed by atoms with Gasteiger partial charge in [-0.2, -0.15) is 4.98 Å². The van der Waals surface area contributed by atoms with Crippen molar-refractivity contribution in [1.82, 2.24) is 20.4 Å². The third kappa shape index (κ3) is 5.99. The van der Waals surface area contributed by atoms with Crippen LogP contribution < -0.4 is 5.32 Å². The van der Waals surface area contributed by atoms with Gasteiger partial charge < -0.3 is 14.7 Å². The number of aromatic nitrogens is 2. The highest BCUT2D eigenvalue weighted by Gasteiger charge is 2.31. The van der Waals surface area contributed by atoms with Gasteiger partial charge in [-0.3, -0.25) is 4.99 Å². The number of piperidine rings is 1. The topological polar surface area (TPSA) is 66.5 Å². The lowest BCUT2D eigenvalue weighted by Crippen LogP contribution is -2.49. The van der Waals surface area contributed by atoms with Crippen molar-refractivity contribution in [3.63, 3.8) is 0 Å². The molecule has 26 heavy (non-hydrogen) atoms. The zero-order valence-electron chi connectivity index (χ0n) is 17.3. The first-order valence-electron chi connectivity index (χ1n) is 10.3. The van der Waals surface area contributed by atoms with Crippen LogP contribution in [0.2, 0.25) is 0 Å². The molecule has 6 nitrogen and oxygen atoms in total. The predicted molar refractivity (Wildman–Crippen MR) is 107 cm³/mol. The first-order chi connectivity index (χ1) is 12.5. The lowest BCUT2D eigenvalue weighted by molar-refractivity contribution is 0.142. The largest absolute Gasteiger partial charge is 0.357 e. The van der Waals surface area contributed by atoms with Gasteiger partial charge in [-0.05, 0) is 38.0 Å². The molecule has 0 saturated carbocycles. The molecule has 1 saturated heterocycles. The highest BCUT2D eigenvalue weighted by atomic mass is 16.5. The third-order valence-electron chi connectivity index (χ3n) is 5.08. The minimum Gasteiger partial charge on any atom is -0.357 e. The summed E-state index contributed by atoms with van der Waals surface area (Å²) in [6, 6.07) is 0. The Hall–Kier alpha value is -1.59. The smallest absolute Gasteiger partial charge is 0.226 e. The zero-order valence-corrected chi connectivity index (χ0v) is 17.3. The van der Waals surface area contributed by atoms with Gasteiger partial charge in [0.1, 0.15) is 0 Å². The normalized spacial score (nSPS) is 21.5. The molecule has 0 amide bonds. The van der Waals surface area contributed by atoms with E-state index in [-0.39, 0.29) is 0 Å². The highest BCUT2D eigenvalue weighted by molar-refractivity contribution is 5.80. The second-order valence-corrected chi connectivity index (χ2v) is 8.13. The molecule has 1 fully saturated rings. The molecule has 6 heteroatoms. The van der Waals surface area contributed by atoms with E-state index in [0.29, 0.717) is 11.3 Å². The Morgan fingerprint density at radius 2 is 2.19 bits per heavy atom. The van der Waals surface area contributed by atoms with Crippen LogP contribution in [-0.2, 0) is 6.42 Å². The molecule has 1 aromatic rings. The molecule has 1 aromatic heterocycles. The molecule has 0 radical (unpaired) electrons. The molecule has 0 aromatic carbocycles. The quantitative estimate of drug-likeness (QED) is 0.430. The maximum absolute atomic E-state index is 5.32. The summed E-state index contributed by atoms with van der Waals surface area (Å²) in [6.45, 7) is 14.9. The number of guanidine groups is 1. The lowest BCUT2D eigenvalue weighted by atomic mass is 9.78. The van der Waals surface area contributed by atoms with Crippen molar-refractivity contribution in [3.05, 3.63) is 11.7 Å². The number of nitrogens with one attached hydrogen (secondary N) is 1. The second-order valence-electron chi connectivity index (χ2n) is 8.13. The number of nitrogens with zero attached hydrogens (tertiary/aromatic N) is 4. The Bertz CT molecular complexity index is 564. The van der Waals surface area contributed by atoms with E-state index in [1.165, 1.54) is 25.7 Å². The molecule has 0 aliphatic carbocycles. The van der Waals surface area contributed by atoms with Crippen LogP contribution in [0.1, 0.15) is 84.4 Å². The molecular formula is C20H37N5O. The third-order valence-corrected chi connectivity index (χ3v) is 5.08. The van der Waals surface area contributed by atoms with Gasteiger partial charge >= 0.3 is 0 Å². The zero-order chi connectivity index (χ0) is 19.0. The van der Waals surface area contributed by atoms with Crippen LogP contribution in [0.15, 0.2) is 9.52 Å². The summed E-state index contributed by atoms with van der Waals surface area (Å²) in [6.07, 6.45) is 6.83. The molecule has 0 bridgehead atoms. The first kappa shape index (κ1) is 20.7. The lowest BCUT2D eigenvalue weighted by Gasteiger charge is -2.42. The van der Waals surface area contributed by atoms with Gasteiger partial charge in [-0.1, -0.05) is 39.3 Å². The molecule has 1 N–H and O–H groups in total. The van der Waals surface area contributed by atoms with Gasteiger partial charge in [-0.25, -0.2) is 0 Å². The van der Waals surface area contributed by atoms with Crippen molar-refractivity contribution in [2.24, 2.45) is 10.4 Å². The van der Waals surface area contributed by atoms with Crippen LogP contribution in [0.5, 0.6) is 0 Å². The Balaban J connectivity index is 1.89. The summed E-state index contributed by atoms with van der Waals surface area (Å²) in [7, 11) is 0. The van der Waals surface area contributed by atoms with E-state index in [0.717, 1.165) is 56.7 Å². The van der Waals surface area contributed by atoms with Gasteiger partial charge in [0.25, 0.3) is 0 Å². The molecule has 2 heterocycles. The average molecular weight is 364 g/mol. The SMILES string of the molecule is CCCC1(C)CCCN(C(=NCCCc2nc(C(C)C)no2)NCC)C1. The number of rotatable bonds is 8. The first-order valence-corrected chi connectivity index (χ1v) is 10.3. The number of likely N-dealkylation sites (tertiary alicyclic amines) is 1. The Labute approximate surface area is 158 Å². The van der Waals surface area contributed by atoms with E-state index in [2.05, 4.69) is 55.0 Å². The standard InChI is InChI=1S/C20H37N5O/c1-6-11-20(5)12-9-14-25(15-20)19(21-7-2)22-13-8-10-17-23-18(16(3)4)24-26-17/h16H,6-15H2,1-5H3,(H,21,22). The molecule has 1 aliphatic rings. The minimum absolute atomic E-state index is 0.308. The fraction of sp³-hybridized carbons (Fsp3) is 0.850. The molecule has 148 valence electrons. The number of aryl methyl sites for hydroxylation is 1. The van der Waals surface area contributed by atoms with Crippen LogP contribution in [0.4, 0.5) is 0 Å². The van der Waals surface area contributed by atoms with Crippen molar-refractivity contribution >= 4 is 5.96 Å². The Morgan fingerprint density at radius 3 is 2.85 bits per heavy atom. The van der Waals surface area contributed by atoms with Crippen LogP contribution in [0.25, 0.3) is 0 Å². The van der Waals surface area contributed by atoms with E-state index in [1.54, 1.807) is 0 Å². The fourth-order valence-corrected chi connectivity index (χ4v) is 3.75. The van der Waals surface area contributed by atoms with E-state index >= 15 is 0 Å². The summed E-state index contributed by atoms with van der Waals surface area (Å²) < 4.78 is 5.32. The molecule has 1 unspecified atom stereocenters. The molecular weight excluding hydrogens is 326 g/mol. The molecule has 1 atom stereocenters. The number of hydrogen-bond acceptors (Lipinski definition) is 4. The van der Waals surface area contributed by atoms with Crippen LogP contribution in [0, 0.1) is 5.41 Å². The molecule has 1 aliphatic heterocycles. The van der Waals surface area contributed by atoms with E-state index in [4.69, 9.17) is 9.52 Å². The van der Waals surface area contributed by atoms with Crippen molar-refractivity contribution in [2.45, 2.75) is 79.1 Å². The van der Waals surface area contributed by atoms with Crippen molar-refractivity contribution in [1.29, 1.82) is 0 Å². The van der Waals surface area contributed by atoms with Gasteiger partial charge in [-0.15, -0.1) is 0 Å². The van der Waals surface area contributed by atoms with Crippen molar-refractivity contribution in [3.8, 4) is 0 Å². The van der Waals surface area contributed by atoms with Crippen LogP contribution in [-0.4, -0.2) is 47.2 Å². The minimum atomic E-state index is 0.308. The van der Waals surface area contributed by atoms with Gasteiger partial charge in [0.2, 0.25) is 5.89 Å². The number of hydrogen-bond donors (Lipinski definition) is 1. The molecule has 0 spiro atoms. The fourth-order valence-electron chi connectivity index (χ4n) is 3.75. The highest BCUT2D eigenvalue weighted by Crippen LogP contribution is 2.33. The van der Waals surface area contributed by atoms with Crippen LogP contribution >= 0.6 is 0 Å². The van der Waals surface area contributed by atoms with Crippen molar-refractivity contribution < 1.29 is 4.52 Å². The monoisotopic (exact) mass is 363 g/mol. The Kier molecular flexibility index (Phi) is 7.91. The van der Waals surface area contributed by atoms with Gasteiger partial charge in [0.05, 0.1) is 0 Å². The summed E-state index contributed by atoms with van der Waals surface area (Å²) >= 11 is 0. The van der Waals surface area contributed by atoms with E-state index in [9.17, 15) is 0 Å². The van der Waals surface area contributed by atoms with Crippen LogP contribution in [0.3, 0.4) is 0 Å². The number of aliphatic imine (C=N–C) groups is 1. The maximum atomic E-state index is 5.32. The molecule has 2 rings (SSSR count). The van der Waals surface area contributed by atoms with Gasteiger partial charge in [0.15, 0.2) is 11.8 Å². The maximum Gasteiger partial charge on any atom is 0.226 e.